The first-order valence-corrected chi connectivity index (χ1v) is 7.68. The number of hydrogen-bond acceptors (Lipinski definition) is 3. The first kappa shape index (κ1) is 15.6. The highest BCUT2D eigenvalue weighted by Crippen LogP contribution is 2.31. The lowest BCUT2D eigenvalue weighted by Crippen LogP contribution is -2.23. The molecular weight excluding hydrogens is 274 g/mol. The minimum absolute atomic E-state index is 0.0203. The van der Waals surface area contributed by atoms with Gasteiger partial charge in [0.2, 0.25) is 0 Å². The van der Waals surface area contributed by atoms with Gasteiger partial charge in [0.1, 0.15) is 12.4 Å². The summed E-state index contributed by atoms with van der Waals surface area (Å²) in [5, 5.41) is 3.94. The summed E-state index contributed by atoms with van der Waals surface area (Å²) in [5.74, 6) is 0.736. The maximum absolute atomic E-state index is 6.26. The van der Waals surface area contributed by atoms with Crippen LogP contribution in [0.4, 0.5) is 0 Å². The van der Waals surface area contributed by atoms with Crippen LogP contribution < -0.4 is 10.1 Å². The molecular formula is C16H24ClNO2. The molecule has 4 heteroatoms. The first-order valence-electron chi connectivity index (χ1n) is 7.30. The van der Waals surface area contributed by atoms with Gasteiger partial charge in [0.25, 0.3) is 0 Å². The normalized spacial score (nSPS) is 21.1. The molecule has 0 bridgehead atoms. The molecule has 1 unspecified atom stereocenters. The predicted octanol–water partition coefficient (Wildman–Crippen LogP) is 3.79. The quantitative estimate of drug-likeness (QED) is 0.866. The largest absolute Gasteiger partial charge is 0.489 e. The van der Waals surface area contributed by atoms with Crippen LogP contribution in [-0.2, 0) is 11.3 Å². The van der Waals surface area contributed by atoms with Crippen molar-refractivity contribution in [1.29, 1.82) is 0 Å². The molecule has 0 aliphatic carbocycles. The second-order valence-electron chi connectivity index (χ2n) is 5.89. The molecule has 0 spiro atoms. The summed E-state index contributed by atoms with van der Waals surface area (Å²) in [7, 11) is 0. The average Bonchev–Trinajstić information content (AvgIpc) is 2.75. The third-order valence-electron chi connectivity index (χ3n) is 3.55. The van der Waals surface area contributed by atoms with E-state index < -0.39 is 0 Å². The maximum Gasteiger partial charge on any atom is 0.138 e. The van der Waals surface area contributed by atoms with Crippen molar-refractivity contribution < 1.29 is 9.47 Å². The van der Waals surface area contributed by atoms with Crippen LogP contribution in [0, 0.1) is 0 Å². The van der Waals surface area contributed by atoms with Gasteiger partial charge in [0, 0.05) is 6.54 Å². The summed E-state index contributed by atoms with van der Waals surface area (Å²) in [6.45, 7) is 8.67. The zero-order chi connectivity index (χ0) is 14.6. The molecule has 0 saturated carbocycles. The second kappa shape index (κ2) is 6.79. The van der Waals surface area contributed by atoms with Crippen molar-refractivity contribution in [1.82, 2.24) is 5.32 Å². The van der Waals surface area contributed by atoms with Gasteiger partial charge in [-0.1, -0.05) is 24.6 Å². The smallest absolute Gasteiger partial charge is 0.138 e. The zero-order valence-corrected chi connectivity index (χ0v) is 13.3. The van der Waals surface area contributed by atoms with Gasteiger partial charge < -0.3 is 14.8 Å². The Bertz CT molecular complexity index is 448. The van der Waals surface area contributed by atoms with Crippen molar-refractivity contribution in [2.45, 2.75) is 51.9 Å². The van der Waals surface area contributed by atoms with Crippen LogP contribution in [0.5, 0.6) is 5.75 Å². The van der Waals surface area contributed by atoms with E-state index in [2.05, 4.69) is 26.1 Å². The third kappa shape index (κ3) is 4.37. The van der Waals surface area contributed by atoms with Crippen LogP contribution in [0.2, 0.25) is 5.02 Å². The Morgan fingerprint density at radius 1 is 1.45 bits per heavy atom. The fourth-order valence-corrected chi connectivity index (χ4v) is 2.68. The number of halogens is 1. The summed E-state index contributed by atoms with van der Waals surface area (Å²) >= 11 is 6.26. The Morgan fingerprint density at radius 3 is 2.85 bits per heavy atom. The molecule has 3 nitrogen and oxygen atoms in total. The van der Waals surface area contributed by atoms with Gasteiger partial charge in [-0.05, 0) is 50.9 Å². The van der Waals surface area contributed by atoms with Crippen molar-refractivity contribution in [3.05, 3.63) is 28.8 Å². The van der Waals surface area contributed by atoms with Crippen LogP contribution in [0.3, 0.4) is 0 Å². The van der Waals surface area contributed by atoms with E-state index in [-0.39, 0.29) is 11.7 Å². The fraction of sp³-hybridized carbons (Fsp3) is 0.625. The standard InChI is InChI=1S/C16H24ClNO2/c1-4-18-10-12-5-6-15(14(17)9-12)19-11-13-7-8-16(2,3)20-13/h5-6,9,13,18H,4,7-8,10-11H2,1-3H3. The van der Waals surface area contributed by atoms with E-state index in [1.165, 1.54) is 5.56 Å². The molecule has 2 rings (SSSR count). The molecule has 1 aliphatic heterocycles. The van der Waals surface area contributed by atoms with Gasteiger partial charge in [-0.25, -0.2) is 0 Å². The van der Waals surface area contributed by atoms with E-state index in [1.54, 1.807) is 0 Å². The average molecular weight is 298 g/mol. The Kier molecular flexibility index (Phi) is 5.30. The van der Waals surface area contributed by atoms with Gasteiger partial charge in [0.15, 0.2) is 0 Å². The lowest BCUT2D eigenvalue weighted by atomic mass is 10.1. The fourth-order valence-electron chi connectivity index (χ4n) is 2.42. The van der Waals surface area contributed by atoms with E-state index in [0.717, 1.165) is 31.7 Å². The lowest BCUT2D eigenvalue weighted by Gasteiger charge is -2.19. The molecule has 1 aromatic rings. The number of ether oxygens (including phenoxy) is 2. The molecule has 20 heavy (non-hydrogen) atoms. The molecule has 112 valence electrons. The highest BCUT2D eigenvalue weighted by Gasteiger charge is 2.31. The van der Waals surface area contributed by atoms with E-state index in [0.29, 0.717) is 11.6 Å². The van der Waals surface area contributed by atoms with E-state index >= 15 is 0 Å². The molecule has 0 aromatic heterocycles. The second-order valence-corrected chi connectivity index (χ2v) is 6.30. The Hall–Kier alpha value is -0.770. The minimum Gasteiger partial charge on any atom is -0.489 e. The number of rotatable bonds is 6. The lowest BCUT2D eigenvalue weighted by molar-refractivity contribution is -0.0326. The van der Waals surface area contributed by atoms with Gasteiger partial charge in [-0.15, -0.1) is 0 Å². The summed E-state index contributed by atoms with van der Waals surface area (Å²) < 4.78 is 11.7. The van der Waals surface area contributed by atoms with Crippen LogP contribution >= 0.6 is 11.6 Å². The molecule has 1 N–H and O–H groups in total. The van der Waals surface area contributed by atoms with Crippen molar-refractivity contribution in [2.24, 2.45) is 0 Å². The molecule has 1 heterocycles. The maximum atomic E-state index is 6.26. The number of hydrogen-bond donors (Lipinski definition) is 1. The Balaban J connectivity index is 1.87. The molecule has 0 radical (unpaired) electrons. The van der Waals surface area contributed by atoms with Gasteiger partial charge in [0.05, 0.1) is 16.7 Å². The number of benzene rings is 1. The van der Waals surface area contributed by atoms with E-state index in [1.807, 2.05) is 18.2 Å². The van der Waals surface area contributed by atoms with Crippen LogP contribution in [0.15, 0.2) is 18.2 Å². The summed E-state index contributed by atoms with van der Waals surface area (Å²) in [6.07, 6.45) is 2.29. The van der Waals surface area contributed by atoms with Gasteiger partial charge >= 0.3 is 0 Å². The van der Waals surface area contributed by atoms with Crippen LogP contribution in [-0.4, -0.2) is 24.9 Å². The topological polar surface area (TPSA) is 30.5 Å². The van der Waals surface area contributed by atoms with Crippen molar-refractivity contribution in [2.75, 3.05) is 13.2 Å². The molecule has 1 atom stereocenters. The SMILES string of the molecule is CCNCc1ccc(OCC2CCC(C)(C)O2)c(Cl)c1. The van der Waals surface area contributed by atoms with Crippen molar-refractivity contribution in [3.8, 4) is 5.75 Å². The van der Waals surface area contributed by atoms with E-state index in [4.69, 9.17) is 21.1 Å². The summed E-state index contributed by atoms with van der Waals surface area (Å²) in [5.41, 5.74) is 1.15. The third-order valence-corrected chi connectivity index (χ3v) is 3.85. The molecule has 1 aliphatic rings. The van der Waals surface area contributed by atoms with Crippen LogP contribution in [0.1, 0.15) is 39.2 Å². The Labute approximate surface area is 126 Å². The number of nitrogens with one attached hydrogen (secondary N) is 1. The first-order chi connectivity index (χ1) is 9.50. The Morgan fingerprint density at radius 2 is 2.25 bits per heavy atom. The van der Waals surface area contributed by atoms with Gasteiger partial charge in [-0.2, -0.15) is 0 Å². The van der Waals surface area contributed by atoms with Crippen molar-refractivity contribution >= 4 is 11.6 Å². The minimum atomic E-state index is -0.0203. The predicted molar refractivity (Wildman–Crippen MR) is 82.5 cm³/mol. The van der Waals surface area contributed by atoms with Gasteiger partial charge in [-0.3, -0.25) is 0 Å². The van der Waals surface area contributed by atoms with Crippen molar-refractivity contribution in [3.63, 3.8) is 0 Å². The monoisotopic (exact) mass is 297 g/mol. The molecule has 1 aromatic carbocycles. The molecule has 1 saturated heterocycles. The van der Waals surface area contributed by atoms with E-state index in [9.17, 15) is 0 Å². The highest BCUT2D eigenvalue weighted by atomic mass is 35.5. The highest BCUT2D eigenvalue weighted by molar-refractivity contribution is 6.32. The summed E-state index contributed by atoms with van der Waals surface area (Å²) in [4.78, 5) is 0. The molecule has 0 amide bonds. The molecule has 1 fully saturated rings. The zero-order valence-electron chi connectivity index (χ0n) is 12.5. The summed E-state index contributed by atoms with van der Waals surface area (Å²) in [6, 6.07) is 5.94. The van der Waals surface area contributed by atoms with Crippen LogP contribution in [0.25, 0.3) is 0 Å².